The summed E-state index contributed by atoms with van der Waals surface area (Å²) >= 11 is 5.49. The molecule has 0 saturated carbocycles. The van der Waals surface area contributed by atoms with Crippen molar-refractivity contribution in [1.29, 1.82) is 0 Å². The molecule has 0 aliphatic heterocycles. The first kappa shape index (κ1) is 18.7. The van der Waals surface area contributed by atoms with Crippen LogP contribution in [0.1, 0.15) is 21.6 Å². The number of carbonyl (C=O) groups is 1. The molecule has 0 fully saturated rings. The minimum atomic E-state index is -0.291. The van der Waals surface area contributed by atoms with Crippen LogP contribution in [0.3, 0.4) is 0 Å². The molecule has 3 aromatic rings. The van der Waals surface area contributed by atoms with Crippen LogP contribution in [0.25, 0.3) is 11.0 Å². The topological polar surface area (TPSA) is 68.9 Å². The van der Waals surface area contributed by atoms with Gasteiger partial charge in [-0.15, -0.1) is 6.58 Å². The fourth-order valence-corrected chi connectivity index (χ4v) is 3.13. The minimum absolute atomic E-state index is 0.274. The molecule has 1 N–H and O–H groups in total. The number of rotatable bonds is 5. The van der Waals surface area contributed by atoms with E-state index < -0.39 is 0 Å². The predicted molar refractivity (Wildman–Crippen MR) is 109 cm³/mol. The van der Waals surface area contributed by atoms with Crippen LogP contribution in [0.15, 0.2) is 53.8 Å². The molecule has 2 heterocycles. The van der Waals surface area contributed by atoms with Crippen LogP contribution < -0.4 is 10.9 Å². The molecule has 6 nitrogen and oxygen atoms in total. The number of hydrogen-bond acceptors (Lipinski definition) is 4. The van der Waals surface area contributed by atoms with Crippen LogP contribution in [-0.2, 0) is 13.6 Å². The van der Waals surface area contributed by atoms with Gasteiger partial charge < -0.3 is 5.32 Å². The lowest BCUT2D eigenvalue weighted by Crippen LogP contribution is -2.27. The highest BCUT2D eigenvalue weighted by Gasteiger charge is 2.16. The first-order valence-electron chi connectivity index (χ1n) is 8.48. The van der Waals surface area contributed by atoms with Gasteiger partial charge in [0, 0.05) is 13.6 Å². The molecule has 0 radical (unpaired) electrons. The summed E-state index contributed by atoms with van der Waals surface area (Å²) < 4.78 is 3.61. The van der Waals surface area contributed by atoms with Gasteiger partial charge in [0.2, 0.25) is 0 Å². The van der Waals surface area contributed by atoms with Gasteiger partial charge in [-0.2, -0.15) is 0 Å². The highest BCUT2D eigenvalue weighted by Crippen LogP contribution is 2.16. The molecule has 0 atom stereocenters. The van der Waals surface area contributed by atoms with Crippen LogP contribution in [0.2, 0.25) is 0 Å². The van der Waals surface area contributed by atoms with Crippen molar-refractivity contribution >= 4 is 29.2 Å². The fourth-order valence-electron chi connectivity index (χ4n) is 2.89. The molecule has 0 saturated heterocycles. The maximum absolute atomic E-state index is 12.7. The Morgan fingerprint density at radius 2 is 2.04 bits per heavy atom. The number of nitrogens with one attached hydrogen (secondary N) is 1. The van der Waals surface area contributed by atoms with E-state index in [-0.39, 0.29) is 11.5 Å². The number of hydrogen-bond donors (Lipinski definition) is 1. The molecule has 1 aromatic carbocycles. The summed E-state index contributed by atoms with van der Waals surface area (Å²) in [6, 6.07) is 11.4. The van der Waals surface area contributed by atoms with Gasteiger partial charge in [0.05, 0.1) is 23.2 Å². The standard InChI is InChI=1S/C20H20N4O2S/c1-4-10-21-18(25)15-11-16-17(22-13(15)2)24(20(27)23(3)19(16)26)12-14-8-6-5-7-9-14/h4-9,11H,1,10,12H2,2-3H3,(H,21,25). The van der Waals surface area contributed by atoms with Crippen LogP contribution >= 0.6 is 12.2 Å². The number of pyridine rings is 1. The molecule has 138 valence electrons. The highest BCUT2D eigenvalue weighted by atomic mass is 32.1. The maximum atomic E-state index is 12.7. The number of aromatic nitrogens is 3. The van der Waals surface area contributed by atoms with Crippen molar-refractivity contribution in [3.05, 3.63) is 81.0 Å². The Hall–Kier alpha value is -3.06. The summed E-state index contributed by atoms with van der Waals surface area (Å²) in [5.74, 6) is -0.291. The van der Waals surface area contributed by atoms with E-state index in [4.69, 9.17) is 12.2 Å². The van der Waals surface area contributed by atoms with Crippen molar-refractivity contribution in [3.63, 3.8) is 0 Å². The molecule has 7 heteroatoms. The van der Waals surface area contributed by atoms with Crippen molar-refractivity contribution in [3.8, 4) is 0 Å². The Bertz CT molecular complexity index is 1150. The van der Waals surface area contributed by atoms with Crippen molar-refractivity contribution in [1.82, 2.24) is 19.4 Å². The van der Waals surface area contributed by atoms with Crippen LogP contribution in [0, 0.1) is 11.7 Å². The Balaban J connectivity index is 2.23. The monoisotopic (exact) mass is 380 g/mol. The quantitative estimate of drug-likeness (QED) is 0.546. The Labute approximate surface area is 161 Å². The van der Waals surface area contributed by atoms with Gasteiger partial charge in [-0.25, -0.2) is 4.98 Å². The van der Waals surface area contributed by atoms with E-state index in [0.717, 1.165) is 5.56 Å². The zero-order chi connectivity index (χ0) is 19.6. The molecular weight excluding hydrogens is 360 g/mol. The summed E-state index contributed by atoms with van der Waals surface area (Å²) in [5, 5.41) is 3.08. The summed E-state index contributed by atoms with van der Waals surface area (Å²) in [5.41, 5.74) is 2.15. The number of amides is 1. The van der Waals surface area contributed by atoms with Gasteiger partial charge in [0.25, 0.3) is 11.5 Å². The van der Waals surface area contributed by atoms with Crippen LogP contribution in [0.5, 0.6) is 0 Å². The first-order chi connectivity index (χ1) is 12.9. The van der Waals surface area contributed by atoms with E-state index in [2.05, 4.69) is 16.9 Å². The minimum Gasteiger partial charge on any atom is -0.349 e. The second-order valence-electron chi connectivity index (χ2n) is 6.21. The third-order valence-electron chi connectivity index (χ3n) is 4.34. The van der Waals surface area contributed by atoms with Crippen molar-refractivity contribution in [2.45, 2.75) is 13.5 Å². The molecule has 0 unspecified atom stereocenters. The zero-order valence-corrected chi connectivity index (χ0v) is 16.0. The number of fused-ring (bicyclic) bond motifs is 1. The molecule has 1 amide bonds. The number of aryl methyl sites for hydroxylation is 1. The van der Waals surface area contributed by atoms with Crippen molar-refractivity contribution in [2.24, 2.45) is 7.05 Å². The average Bonchev–Trinajstić information content (AvgIpc) is 2.68. The third-order valence-corrected chi connectivity index (χ3v) is 4.83. The van der Waals surface area contributed by atoms with E-state index in [1.54, 1.807) is 26.1 Å². The number of nitrogens with zero attached hydrogens (tertiary/aromatic N) is 3. The van der Waals surface area contributed by atoms with Gasteiger partial charge in [-0.3, -0.25) is 18.7 Å². The largest absolute Gasteiger partial charge is 0.349 e. The smallest absolute Gasteiger partial charge is 0.263 e. The second kappa shape index (κ2) is 7.67. The first-order valence-corrected chi connectivity index (χ1v) is 8.89. The predicted octanol–water partition coefficient (Wildman–Crippen LogP) is 2.74. The summed E-state index contributed by atoms with van der Waals surface area (Å²) in [7, 11) is 1.63. The Morgan fingerprint density at radius 1 is 1.33 bits per heavy atom. The van der Waals surface area contributed by atoms with E-state index in [1.807, 2.05) is 34.9 Å². The number of carbonyl (C=O) groups excluding carboxylic acids is 1. The van der Waals surface area contributed by atoms with Crippen molar-refractivity contribution < 1.29 is 4.79 Å². The molecule has 2 aromatic heterocycles. The number of benzene rings is 1. The van der Waals surface area contributed by atoms with E-state index in [9.17, 15) is 9.59 Å². The van der Waals surface area contributed by atoms with Crippen LogP contribution in [0.4, 0.5) is 0 Å². The lowest BCUT2D eigenvalue weighted by atomic mass is 10.1. The van der Waals surface area contributed by atoms with E-state index >= 15 is 0 Å². The van der Waals surface area contributed by atoms with Gasteiger partial charge in [0.15, 0.2) is 4.77 Å². The van der Waals surface area contributed by atoms with Gasteiger partial charge in [-0.1, -0.05) is 36.4 Å². The molecule has 3 rings (SSSR count). The highest BCUT2D eigenvalue weighted by molar-refractivity contribution is 7.71. The summed E-state index contributed by atoms with van der Waals surface area (Å²) in [4.78, 5) is 29.7. The van der Waals surface area contributed by atoms with Gasteiger partial charge >= 0.3 is 0 Å². The molecule has 0 aliphatic rings. The summed E-state index contributed by atoms with van der Waals surface area (Å²) in [6.45, 7) is 6.16. The average molecular weight is 380 g/mol. The molecule has 0 bridgehead atoms. The SMILES string of the molecule is C=CCNC(=O)c1cc2c(=O)n(C)c(=S)n(Cc3ccccc3)c2nc1C. The third kappa shape index (κ3) is 3.59. The van der Waals surface area contributed by atoms with Gasteiger partial charge in [0.1, 0.15) is 5.65 Å². The van der Waals surface area contributed by atoms with E-state index in [1.165, 1.54) is 4.57 Å². The molecule has 0 spiro atoms. The van der Waals surface area contributed by atoms with Crippen molar-refractivity contribution in [2.75, 3.05) is 6.54 Å². The Kier molecular flexibility index (Phi) is 5.32. The maximum Gasteiger partial charge on any atom is 0.263 e. The van der Waals surface area contributed by atoms with E-state index in [0.29, 0.717) is 40.2 Å². The zero-order valence-electron chi connectivity index (χ0n) is 15.2. The van der Waals surface area contributed by atoms with Gasteiger partial charge in [-0.05, 0) is 30.8 Å². The Morgan fingerprint density at radius 3 is 2.70 bits per heavy atom. The second-order valence-corrected chi connectivity index (χ2v) is 6.57. The lowest BCUT2D eigenvalue weighted by Gasteiger charge is -2.15. The molecular formula is C20H20N4O2S. The lowest BCUT2D eigenvalue weighted by molar-refractivity contribution is 0.0957. The molecule has 0 aliphatic carbocycles. The fraction of sp³-hybridized carbons (Fsp3) is 0.200. The normalized spacial score (nSPS) is 10.7. The van der Waals surface area contributed by atoms with Crippen LogP contribution in [-0.4, -0.2) is 26.6 Å². The summed E-state index contributed by atoms with van der Waals surface area (Å²) in [6.07, 6.45) is 1.60. The molecule has 27 heavy (non-hydrogen) atoms.